The van der Waals surface area contributed by atoms with E-state index in [2.05, 4.69) is 13.8 Å². The quantitative estimate of drug-likeness (QED) is 0.263. The van der Waals surface area contributed by atoms with Gasteiger partial charge in [0.25, 0.3) is 0 Å². The van der Waals surface area contributed by atoms with Gasteiger partial charge in [0.05, 0.1) is 5.92 Å². The second-order valence-corrected chi connectivity index (χ2v) is 14.6. The van der Waals surface area contributed by atoms with E-state index in [4.69, 9.17) is 18.0 Å². The summed E-state index contributed by atoms with van der Waals surface area (Å²) in [6.45, 7) is 20.7. The molecule has 0 amide bonds. The molecule has 7 unspecified atom stereocenters. The molecule has 4 bridgehead atoms. The Labute approximate surface area is 197 Å². The van der Waals surface area contributed by atoms with Gasteiger partial charge in [-0.25, -0.2) is 0 Å². The molecule has 0 radical (unpaired) electrons. The second kappa shape index (κ2) is 9.67. The first-order valence-electron chi connectivity index (χ1n) is 13.0. The van der Waals surface area contributed by atoms with Crippen molar-refractivity contribution in [1.82, 2.24) is 0 Å². The van der Waals surface area contributed by atoms with Crippen molar-refractivity contribution < 1.29 is 22.8 Å². The predicted octanol–water partition coefficient (Wildman–Crippen LogP) is 5.95. The van der Waals surface area contributed by atoms with Crippen LogP contribution in [0, 0.1) is 46.8 Å². The number of fused-ring (bicyclic) bond motifs is 9. The fraction of sp³-hybridized carbons (Fsp3) is 0.962. The van der Waals surface area contributed by atoms with Crippen LogP contribution in [-0.2, 0) is 22.8 Å². The maximum absolute atomic E-state index is 12.6. The minimum absolute atomic E-state index is 0.0917. The van der Waals surface area contributed by atoms with E-state index in [1.165, 1.54) is 19.3 Å². The molecule has 5 nitrogen and oxygen atoms in total. The number of rotatable bonds is 7. The number of carbonyl (C=O) groups is 1. The number of carbonyl (C=O) groups excluding carboxylic acids is 1. The van der Waals surface area contributed by atoms with Crippen molar-refractivity contribution in [3.05, 3.63) is 0 Å². The Morgan fingerprint density at radius 1 is 0.906 bits per heavy atom. The van der Waals surface area contributed by atoms with Crippen molar-refractivity contribution in [3.63, 3.8) is 0 Å². The molecule has 0 aromatic carbocycles. The zero-order valence-electron chi connectivity index (χ0n) is 22.0. The zero-order chi connectivity index (χ0) is 23.9. The van der Waals surface area contributed by atoms with Crippen LogP contribution in [0.2, 0.25) is 6.55 Å². The van der Waals surface area contributed by atoms with E-state index in [1.807, 2.05) is 48.1 Å². The molecule has 6 heteroatoms. The molecule has 0 aromatic rings. The van der Waals surface area contributed by atoms with Gasteiger partial charge in [-0.3, -0.25) is 4.79 Å². The van der Waals surface area contributed by atoms with E-state index in [0.717, 1.165) is 36.0 Å². The summed E-state index contributed by atoms with van der Waals surface area (Å²) in [5.74, 6) is 5.29. The van der Waals surface area contributed by atoms with Crippen molar-refractivity contribution in [3.8, 4) is 0 Å². The maximum Gasteiger partial charge on any atom is 0.497 e. The van der Waals surface area contributed by atoms with Crippen LogP contribution >= 0.6 is 0 Å². The minimum Gasteiger partial charge on any atom is -0.460 e. The monoisotopic (exact) mass is 468 g/mol. The van der Waals surface area contributed by atoms with Crippen LogP contribution in [0.15, 0.2) is 0 Å². The summed E-state index contributed by atoms with van der Waals surface area (Å²) in [7, 11) is -2.25. The zero-order valence-corrected chi connectivity index (χ0v) is 23.0. The molecule has 4 fully saturated rings. The molecule has 0 aliphatic heterocycles. The average molecular weight is 469 g/mol. The molecular formula is C26H48O5Si. The van der Waals surface area contributed by atoms with E-state index in [1.54, 1.807) is 0 Å². The molecule has 4 aliphatic carbocycles. The van der Waals surface area contributed by atoms with Crippen molar-refractivity contribution in [2.24, 2.45) is 46.8 Å². The molecule has 4 saturated carbocycles. The number of hydrogen-bond donors (Lipinski definition) is 0. The summed E-state index contributed by atoms with van der Waals surface area (Å²) in [5, 5.41) is 0. The Morgan fingerprint density at radius 3 is 1.88 bits per heavy atom. The van der Waals surface area contributed by atoms with Gasteiger partial charge in [0.2, 0.25) is 0 Å². The fourth-order valence-electron chi connectivity index (χ4n) is 7.93. The SMILES string of the molecule is CC(C)(C)OC(=O)C1CC2CC1C1C2C2CCC1C2(C)C.CCO[Si](C)(OCC)OCC. The minimum atomic E-state index is -2.25. The maximum atomic E-state index is 12.6. The highest BCUT2D eigenvalue weighted by atomic mass is 28.4. The topological polar surface area (TPSA) is 54.0 Å². The lowest BCUT2D eigenvalue weighted by atomic mass is 9.67. The van der Waals surface area contributed by atoms with Crippen LogP contribution in [-0.4, -0.2) is 40.2 Å². The number of ether oxygens (including phenoxy) is 1. The summed E-state index contributed by atoms with van der Waals surface area (Å²) < 4.78 is 21.9. The van der Waals surface area contributed by atoms with Crippen molar-refractivity contribution in [1.29, 1.82) is 0 Å². The summed E-state index contributed by atoms with van der Waals surface area (Å²) in [6.07, 6.45) is 5.27. The summed E-state index contributed by atoms with van der Waals surface area (Å²) in [4.78, 5) is 12.6. The Hall–Kier alpha value is -0.433. The number of hydrogen-bond acceptors (Lipinski definition) is 5. The van der Waals surface area contributed by atoms with Crippen LogP contribution in [0.3, 0.4) is 0 Å². The lowest BCUT2D eigenvalue weighted by molar-refractivity contribution is -0.163. The molecule has 186 valence electrons. The first kappa shape index (κ1) is 26.2. The van der Waals surface area contributed by atoms with E-state index >= 15 is 0 Å². The van der Waals surface area contributed by atoms with Gasteiger partial charge in [0.15, 0.2) is 0 Å². The molecular weight excluding hydrogens is 420 g/mol. The van der Waals surface area contributed by atoms with Crippen LogP contribution in [0.25, 0.3) is 0 Å². The average Bonchev–Trinajstić information content (AvgIpc) is 3.38. The molecule has 32 heavy (non-hydrogen) atoms. The molecule has 4 rings (SSSR count). The Morgan fingerprint density at radius 2 is 1.41 bits per heavy atom. The number of esters is 1. The predicted molar refractivity (Wildman–Crippen MR) is 129 cm³/mol. The summed E-state index contributed by atoms with van der Waals surface area (Å²) >= 11 is 0. The lowest BCUT2D eigenvalue weighted by Gasteiger charge is -2.38. The highest BCUT2D eigenvalue weighted by Crippen LogP contribution is 2.74. The van der Waals surface area contributed by atoms with E-state index in [9.17, 15) is 4.79 Å². The Bertz CT molecular complexity index is 640. The van der Waals surface area contributed by atoms with E-state index in [-0.39, 0.29) is 17.5 Å². The second-order valence-electron chi connectivity index (χ2n) is 12.0. The summed E-state index contributed by atoms with van der Waals surface area (Å²) in [5.41, 5.74) is 0.182. The van der Waals surface area contributed by atoms with Gasteiger partial charge in [-0.05, 0) is 108 Å². The third-order valence-electron chi connectivity index (χ3n) is 8.69. The van der Waals surface area contributed by atoms with Crippen LogP contribution in [0.1, 0.15) is 81.1 Å². The Kier molecular flexibility index (Phi) is 7.91. The summed E-state index contributed by atoms with van der Waals surface area (Å²) in [6, 6.07) is 0. The van der Waals surface area contributed by atoms with E-state index in [0.29, 0.717) is 31.2 Å². The van der Waals surface area contributed by atoms with Gasteiger partial charge in [-0.1, -0.05) is 13.8 Å². The normalized spacial score (nSPS) is 36.6. The molecule has 0 saturated heterocycles. The van der Waals surface area contributed by atoms with Crippen molar-refractivity contribution in [2.75, 3.05) is 19.8 Å². The molecule has 0 N–H and O–H groups in total. The molecule has 0 heterocycles. The van der Waals surface area contributed by atoms with Crippen molar-refractivity contribution in [2.45, 2.75) is 93.2 Å². The third kappa shape index (κ3) is 4.99. The van der Waals surface area contributed by atoms with Gasteiger partial charge < -0.3 is 18.0 Å². The molecule has 7 atom stereocenters. The molecule has 0 aromatic heterocycles. The van der Waals surface area contributed by atoms with Crippen LogP contribution in [0.5, 0.6) is 0 Å². The Balaban J connectivity index is 0.000000226. The lowest BCUT2D eigenvalue weighted by Crippen LogP contribution is -2.42. The standard InChI is InChI=1S/C19H30O2.C7H18O3Si/c1-18(2,3)21-17(20)12-9-10-8-11(12)16-14-7-6-13(15(10)16)19(14,4)5;1-5-8-11(4,9-6-2)10-7-3/h10-16H,6-9H2,1-5H3;5-7H2,1-4H3. The van der Waals surface area contributed by atoms with Gasteiger partial charge in [-0.2, -0.15) is 0 Å². The van der Waals surface area contributed by atoms with Crippen LogP contribution < -0.4 is 0 Å². The van der Waals surface area contributed by atoms with E-state index < -0.39 is 8.80 Å². The molecule has 4 aliphatic rings. The van der Waals surface area contributed by atoms with Gasteiger partial charge in [0, 0.05) is 26.4 Å². The highest BCUT2D eigenvalue weighted by molar-refractivity contribution is 6.59. The van der Waals surface area contributed by atoms with Gasteiger partial charge >= 0.3 is 14.8 Å². The fourth-order valence-corrected chi connectivity index (χ4v) is 9.75. The smallest absolute Gasteiger partial charge is 0.460 e. The van der Waals surface area contributed by atoms with Gasteiger partial charge in [-0.15, -0.1) is 0 Å². The van der Waals surface area contributed by atoms with Crippen LogP contribution in [0.4, 0.5) is 0 Å². The van der Waals surface area contributed by atoms with Crippen molar-refractivity contribution >= 4 is 14.8 Å². The first-order valence-corrected chi connectivity index (χ1v) is 15.3. The third-order valence-corrected chi connectivity index (χ3v) is 11.1. The molecule has 0 spiro atoms. The van der Waals surface area contributed by atoms with Gasteiger partial charge in [0.1, 0.15) is 5.60 Å². The highest BCUT2D eigenvalue weighted by Gasteiger charge is 2.69. The largest absolute Gasteiger partial charge is 0.497 e. The first-order chi connectivity index (χ1) is 14.9.